The van der Waals surface area contributed by atoms with Crippen LogP contribution >= 0.6 is 0 Å². The Morgan fingerprint density at radius 1 is 1.17 bits per heavy atom. The molecule has 1 aromatic heterocycles. The lowest BCUT2D eigenvalue weighted by atomic mass is 9.84. The van der Waals surface area contributed by atoms with Gasteiger partial charge < -0.3 is 9.52 Å². The van der Waals surface area contributed by atoms with Gasteiger partial charge in [-0.05, 0) is 12.5 Å². The largest absolute Gasteiger partial charge is 0.460 e. The summed E-state index contributed by atoms with van der Waals surface area (Å²) in [4.78, 5) is 24.6. The highest BCUT2D eigenvalue weighted by Crippen LogP contribution is 2.32. The third-order valence-electron chi connectivity index (χ3n) is 3.22. The smallest absolute Gasteiger partial charge is 0.229 e. The predicted molar refractivity (Wildman–Crippen MR) is 62.7 cm³/mol. The number of rotatable bonds is 1. The molecule has 0 atom stereocenters. The van der Waals surface area contributed by atoms with E-state index in [0.717, 1.165) is 5.56 Å². The zero-order valence-electron chi connectivity index (χ0n) is 9.69. The van der Waals surface area contributed by atoms with Gasteiger partial charge in [-0.1, -0.05) is 18.2 Å². The third kappa shape index (κ3) is 1.23. The van der Waals surface area contributed by atoms with E-state index in [9.17, 15) is 14.7 Å². The van der Waals surface area contributed by atoms with Gasteiger partial charge in [0.1, 0.15) is 0 Å². The highest BCUT2D eigenvalue weighted by molar-refractivity contribution is 6.28. The number of carbonyl (C=O) groups excluding carboxylic acids is 2. The number of hydrogen-bond donors (Lipinski definition) is 1. The molecule has 90 valence electrons. The van der Waals surface area contributed by atoms with Gasteiger partial charge in [0.15, 0.2) is 11.5 Å². The van der Waals surface area contributed by atoms with Gasteiger partial charge in [-0.2, -0.15) is 0 Å². The molecule has 1 N–H and O–H groups in total. The summed E-state index contributed by atoms with van der Waals surface area (Å²) in [5.41, 5.74) is 2.08. The fraction of sp³-hybridized carbons (Fsp3) is 0.143. The number of carbonyl (C=O) groups is 2. The second kappa shape index (κ2) is 3.65. The number of furan rings is 1. The summed E-state index contributed by atoms with van der Waals surface area (Å²) in [6, 6.07) is 5.14. The lowest BCUT2D eigenvalue weighted by molar-refractivity contribution is 0.0959. The molecule has 0 aliphatic heterocycles. The minimum Gasteiger partial charge on any atom is -0.460 e. The van der Waals surface area contributed by atoms with Crippen molar-refractivity contribution in [2.75, 3.05) is 0 Å². The van der Waals surface area contributed by atoms with Crippen molar-refractivity contribution >= 4 is 11.6 Å². The van der Waals surface area contributed by atoms with Crippen LogP contribution in [0.5, 0.6) is 0 Å². The van der Waals surface area contributed by atoms with Crippen molar-refractivity contribution < 1.29 is 19.1 Å². The van der Waals surface area contributed by atoms with Crippen molar-refractivity contribution in [1.82, 2.24) is 0 Å². The van der Waals surface area contributed by atoms with Gasteiger partial charge in [0, 0.05) is 16.7 Å². The first-order valence-corrected chi connectivity index (χ1v) is 5.55. The monoisotopic (exact) mass is 242 g/mol. The lowest BCUT2D eigenvalue weighted by Gasteiger charge is -2.15. The van der Waals surface area contributed by atoms with E-state index in [1.807, 2.05) is 0 Å². The van der Waals surface area contributed by atoms with Gasteiger partial charge in [0.05, 0.1) is 18.4 Å². The molecule has 0 bridgehead atoms. The maximum atomic E-state index is 12.4. The minimum atomic E-state index is -0.320. The molecule has 0 amide bonds. The molecule has 0 unspecified atom stereocenters. The number of hydrogen-bond acceptors (Lipinski definition) is 4. The Hall–Kier alpha value is -2.20. The van der Waals surface area contributed by atoms with Crippen LogP contribution in [0.25, 0.3) is 0 Å². The summed E-state index contributed by atoms with van der Waals surface area (Å²) in [6.07, 6.45) is 1.27. The Morgan fingerprint density at radius 2 is 1.94 bits per heavy atom. The molecule has 3 rings (SSSR count). The van der Waals surface area contributed by atoms with Crippen LogP contribution in [0.3, 0.4) is 0 Å². The van der Waals surface area contributed by atoms with Gasteiger partial charge in [-0.15, -0.1) is 0 Å². The molecule has 1 aliphatic rings. The number of aryl methyl sites for hydroxylation is 1. The lowest BCUT2D eigenvalue weighted by Crippen LogP contribution is -2.21. The number of aliphatic hydroxyl groups excluding tert-OH is 1. The fourth-order valence-electron chi connectivity index (χ4n) is 2.33. The van der Waals surface area contributed by atoms with Crippen LogP contribution < -0.4 is 0 Å². The summed E-state index contributed by atoms with van der Waals surface area (Å²) in [5, 5.41) is 9.18. The molecule has 4 nitrogen and oxygen atoms in total. The van der Waals surface area contributed by atoms with Crippen LogP contribution in [0.15, 0.2) is 28.9 Å². The Bertz CT molecular complexity index is 679. The highest BCUT2D eigenvalue weighted by Gasteiger charge is 2.35. The predicted octanol–water partition coefficient (Wildman–Crippen LogP) is 1.86. The first-order valence-electron chi connectivity index (χ1n) is 5.55. The summed E-state index contributed by atoms with van der Waals surface area (Å²) in [6.45, 7) is 1.47. The highest BCUT2D eigenvalue weighted by atomic mass is 16.3. The Kier molecular flexibility index (Phi) is 2.21. The molecule has 0 radical (unpaired) electrons. The second-order valence-corrected chi connectivity index (χ2v) is 4.28. The Morgan fingerprint density at radius 3 is 2.67 bits per heavy atom. The van der Waals surface area contributed by atoms with Crippen molar-refractivity contribution in [1.29, 1.82) is 0 Å². The van der Waals surface area contributed by atoms with Gasteiger partial charge in [-0.3, -0.25) is 9.59 Å². The normalized spacial score (nSPS) is 13.4. The van der Waals surface area contributed by atoms with Crippen LogP contribution in [-0.4, -0.2) is 16.7 Å². The van der Waals surface area contributed by atoms with Crippen LogP contribution in [0, 0.1) is 6.92 Å². The molecule has 2 aromatic rings. The Balaban J connectivity index is 2.34. The van der Waals surface area contributed by atoms with Crippen LogP contribution in [0.4, 0.5) is 0 Å². The van der Waals surface area contributed by atoms with Crippen molar-refractivity contribution in [3.8, 4) is 0 Å². The van der Waals surface area contributed by atoms with Gasteiger partial charge >= 0.3 is 0 Å². The van der Waals surface area contributed by atoms with E-state index in [1.165, 1.54) is 6.26 Å². The quantitative estimate of drug-likeness (QED) is 0.707. The van der Waals surface area contributed by atoms with E-state index in [2.05, 4.69) is 0 Å². The SMILES string of the molecule is Cc1cccc2c1C(=O)c1c(CO)coc1C2=O. The van der Waals surface area contributed by atoms with Crippen molar-refractivity contribution in [2.24, 2.45) is 0 Å². The molecular weight excluding hydrogens is 232 g/mol. The van der Waals surface area contributed by atoms with Crippen LogP contribution in [-0.2, 0) is 6.61 Å². The number of aliphatic hydroxyl groups is 1. The topological polar surface area (TPSA) is 67.5 Å². The molecule has 1 heterocycles. The van der Waals surface area contributed by atoms with E-state index < -0.39 is 0 Å². The van der Waals surface area contributed by atoms with E-state index >= 15 is 0 Å². The fourth-order valence-corrected chi connectivity index (χ4v) is 2.33. The average Bonchev–Trinajstić information content (AvgIpc) is 2.80. The first kappa shape index (κ1) is 10.9. The Labute approximate surface area is 103 Å². The van der Waals surface area contributed by atoms with Gasteiger partial charge in [0.25, 0.3) is 0 Å². The molecule has 0 saturated heterocycles. The van der Waals surface area contributed by atoms with E-state index in [-0.39, 0.29) is 29.5 Å². The van der Waals surface area contributed by atoms with E-state index in [1.54, 1.807) is 25.1 Å². The number of benzene rings is 1. The number of ketones is 2. The maximum absolute atomic E-state index is 12.4. The molecule has 0 saturated carbocycles. The summed E-state index contributed by atoms with van der Waals surface area (Å²) in [7, 11) is 0. The third-order valence-corrected chi connectivity index (χ3v) is 3.22. The standard InChI is InChI=1S/C14H10O4/c1-7-3-2-4-9-10(7)13(17)11-8(5-15)6-18-14(11)12(9)16/h2-4,6,15H,5H2,1H3. The first-order chi connectivity index (χ1) is 8.65. The second-order valence-electron chi connectivity index (χ2n) is 4.28. The molecule has 1 aliphatic carbocycles. The van der Waals surface area contributed by atoms with E-state index in [4.69, 9.17) is 4.42 Å². The number of fused-ring (bicyclic) bond motifs is 2. The van der Waals surface area contributed by atoms with Crippen LogP contribution in [0.1, 0.15) is 43.2 Å². The molecule has 1 aromatic carbocycles. The molecule has 4 heteroatoms. The van der Waals surface area contributed by atoms with Gasteiger partial charge in [0.2, 0.25) is 5.78 Å². The van der Waals surface area contributed by atoms with Crippen molar-refractivity contribution in [3.05, 3.63) is 58.0 Å². The minimum absolute atomic E-state index is 0.0298. The average molecular weight is 242 g/mol. The molecule has 0 fully saturated rings. The zero-order chi connectivity index (χ0) is 12.9. The van der Waals surface area contributed by atoms with Crippen molar-refractivity contribution in [3.63, 3.8) is 0 Å². The molecule has 18 heavy (non-hydrogen) atoms. The van der Waals surface area contributed by atoms with Gasteiger partial charge in [-0.25, -0.2) is 0 Å². The summed E-state index contributed by atoms with van der Waals surface area (Å²) in [5.74, 6) is -0.527. The summed E-state index contributed by atoms with van der Waals surface area (Å²) >= 11 is 0. The van der Waals surface area contributed by atoms with E-state index in [0.29, 0.717) is 16.7 Å². The molecular formula is C14H10O4. The summed E-state index contributed by atoms with van der Waals surface area (Å²) < 4.78 is 5.13. The molecule has 0 spiro atoms. The van der Waals surface area contributed by atoms with Crippen LogP contribution in [0.2, 0.25) is 0 Å². The zero-order valence-corrected chi connectivity index (χ0v) is 9.69. The van der Waals surface area contributed by atoms with Crippen molar-refractivity contribution in [2.45, 2.75) is 13.5 Å². The maximum Gasteiger partial charge on any atom is 0.229 e.